The van der Waals surface area contributed by atoms with E-state index in [4.69, 9.17) is 28.4 Å². The number of hydrogen-bond donors (Lipinski definition) is 4. The number of fused-ring (bicyclic) bond motifs is 5. The zero-order valence-corrected chi connectivity index (χ0v) is 39.1. The highest BCUT2D eigenvalue weighted by atomic mass is 16.6. The molecule has 360 valence electrons. The van der Waals surface area contributed by atoms with Crippen LogP contribution in [0.5, 0.6) is 0 Å². The number of hydrogen-bond acceptors (Lipinski definition) is 15. The molecule has 1 heterocycles. The summed E-state index contributed by atoms with van der Waals surface area (Å²) < 4.78 is 35.1. The first-order valence-corrected chi connectivity index (χ1v) is 22.5. The zero-order chi connectivity index (χ0) is 49.1. The molecule has 3 aliphatic carbocycles. The van der Waals surface area contributed by atoms with Crippen LogP contribution in [0, 0.1) is 16.7 Å². The van der Waals surface area contributed by atoms with Gasteiger partial charge in [0.25, 0.3) is 5.91 Å². The summed E-state index contributed by atoms with van der Waals surface area (Å²) >= 11 is 0. The van der Waals surface area contributed by atoms with E-state index >= 15 is 4.79 Å². The Labute approximate surface area is 389 Å². The average Bonchev–Trinajstić information content (AvgIpc) is 3.30. The van der Waals surface area contributed by atoms with Gasteiger partial charge in [0, 0.05) is 50.9 Å². The minimum atomic E-state index is -2.39. The minimum absolute atomic E-state index is 0.00289. The Bertz CT molecular complexity index is 2330. The number of ether oxygens (including phenoxy) is 6. The van der Waals surface area contributed by atoms with E-state index in [1.54, 1.807) is 92.7 Å². The maximum atomic E-state index is 15.5. The maximum absolute atomic E-state index is 15.5. The zero-order valence-electron chi connectivity index (χ0n) is 39.1. The average molecular weight is 928 g/mol. The predicted molar refractivity (Wildman–Crippen MR) is 240 cm³/mol. The quantitative estimate of drug-likeness (QED) is 0.109. The fourth-order valence-corrected chi connectivity index (χ4v) is 10.4. The summed E-state index contributed by atoms with van der Waals surface area (Å²) in [6, 6.07) is 22.9. The van der Waals surface area contributed by atoms with Gasteiger partial charge in [-0.05, 0) is 68.7 Å². The van der Waals surface area contributed by atoms with Crippen molar-refractivity contribution in [3.8, 4) is 0 Å². The van der Waals surface area contributed by atoms with Crippen molar-refractivity contribution in [2.45, 2.75) is 122 Å². The molecule has 0 spiro atoms. The van der Waals surface area contributed by atoms with E-state index in [0.717, 1.165) is 27.1 Å². The Morgan fingerprint density at radius 1 is 0.821 bits per heavy atom. The van der Waals surface area contributed by atoms with Crippen molar-refractivity contribution in [1.82, 2.24) is 5.32 Å². The number of nitrogens with one attached hydrogen (secondary N) is 1. The molecule has 1 amide bonds. The van der Waals surface area contributed by atoms with Gasteiger partial charge in [-0.3, -0.25) is 19.2 Å². The van der Waals surface area contributed by atoms with E-state index in [1.165, 1.54) is 26.0 Å². The van der Waals surface area contributed by atoms with E-state index in [-0.39, 0.29) is 35.3 Å². The van der Waals surface area contributed by atoms with Crippen molar-refractivity contribution >= 4 is 35.6 Å². The molecule has 3 aromatic rings. The number of aliphatic hydroxyl groups is 3. The van der Waals surface area contributed by atoms with Crippen LogP contribution in [0.3, 0.4) is 0 Å². The third-order valence-electron chi connectivity index (χ3n) is 13.9. The molecule has 4 aliphatic rings. The lowest BCUT2D eigenvalue weighted by atomic mass is 9.44. The van der Waals surface area contributed by atoms with Gasteiger partial charge in [0.05, 0.1) is 35.6 Å². The molecule has 1 saturated heterocycles. The lowest BCUT2D eigenvalue weighted by Crippen LogP contribution is -2.82. The number of amides is 1. The first kappa shape index (κ1) is 50.6. The molecule has 11 atom stereocenters. The van der Waals surface area contributed by atoms with Crippen LogP contribution in [0.2, 0.25) is 0 Å². The second kappa shape index (κ2) is 20.2. The standard InChI is InChI=1S/C47H51NO14.C4H10O/c1-25-31(60-43(56)36(52)35(28-16-10-7-11-17-28)48-41(54)29-18-12-8-13-19-29)23-47(57)40(61-42(55)30-20-14-9-15-21-30)38-45(6,32(51)22-33-46(38,24-58-33)62-27(3)50)39(53)37(59-26(2)49)34(25)44(47,4)5;1-3-5-4-2/h7-21,31-33,35-38,40,51-52,57H,22-24H2,1-6H3,(H,48,54);3-4H2,1-2H3/t31-,32-,33+,35-,36+,37+,38-,40-,45+,46-,47+;/m0./s1. The van der Waals surface area contributed by atoms with Crippen molar-refractivity contribution < 1.29 is 72.5 Å². The summed E-state index contributed by atoms with van der Waals surface area (Å²) in [6.07, 6.45) is -10.5. The molecule has 0 aromatic heterocycles. The molecular formula is C51H61NO15. The van der Waals surface area contributed by atoms with E-state index < -0.39 is 113 Å². The molecule has 16 heteroatoms. The Kier molecular flexibility index (Phi) is 15.3. The van der Waals surface area contributed by atoms with Crippen LogP contribution in [0.4, 0.5) is 0 Å². The van der Waals surface area contributed by atoms with E-state index in [9.17, 15) is 39.3 Å². The van der Waals surface area contributed by atoms with Crippen LogP contribution >= 0.6 is 0 Å². The molecule has 2 bridgehead atoms. The van der Waals surface area contributed by atoms with Gasteiger partial charge in [-0.2, -0.15) is 0 Å². The molecule has 0 radical (unpaired) electrons. The molecule has 2 saturated carbocycles. The first-order valence-electron chi connectivity index (χ1n) is 22.5. The van der Waals surface area contributed by atoms with Crippen LogP contribution in [0.25, 0.3) is 0 Å². The molecule has 4 N–H and O–H groups in total. The largest absolute Gasteiger partial charge is 0.456 e. The molecule has 1 aliphatic heterocycles. The smallest absolute Gasteiger partial charge is 0.338 e. The summed E-state index contributed by atoms with van der Waals surface area (Å²) in [5.41, 5.74) is -7.02. The fraction of sp³-hybridized carbons (Fsp3) is 0.490. The molecule has 67 heavy (non-hydrogen) atoms. The topological polar surface area (TPSA) is 231 Å². The summed E-state index contributed by atoms with van der Waals surface area (Å²) in [5.74, 6) is -6.84. The second-order valence-corrected chi connectivity index (χ2v) is 18.1. The third-order valence-corrected chi connectivity index (χ3v) is 13.9. The third kappa shape index (κ3) is 9.42. The van der Waals surface area contributed by atoms with Gasteiger partial charge in [0.15, 0.2) is 23.6 Å². The summed E-state index contributed by atoms with van der Waals surface area (Å²) in [7, 11) is 0. The highest BCUT2D eigenvalue weighted by Gasteiger charge is 2.78. The summed E-state index contributed by atoms with van der Waals surface area (Å²) in [6.45, 7) is 13.6. The highest BCUT2D eigenvalue weighted by Crippen LogP contribution is 2.64. The first-order chi connectivity index (χ1) is 31.7. The van der Waals surface area contributed by atoms with Gasteiger partial charge in [-0.15, -0.1) is 0 Å². The van der Waals surface area contributed by atoms with Crippen molar-refractivity contribution in [3.05, 3.63) is 119 Å². The molecule has 7 rings (SSSR count). The van der Waals surface area contributed by atoms with Crippen molar-refractivity contribution in [3.63, 3.8) is 0 Å². The van der Waals surface area contributed by atoms with E-state index in [0.29, 0.717) is 5.56 Å². The molecule has 0 unspecified atom stereocenters. The maximum Gasteiger partial charge on any atom is 0.338 e. The van der Waals surface area contributed by atoms with E-state index in [2.05, 4.69) is 5.32 Å². The number of ketones is 1. The molecular weight excluding hydrogens is 867 g/mol. The number of rotatable bonds is 12. The van der Waals surface area contributed by atoms with Gasteiger partial charge in [0.1, 0.15) is 23.9 Å². The van der Waals surface area contributed by atoms with Crippen LogP contribution in [-0.4, -0.2) is 119 Å². The van der Waals surface area contributed by atoms with Gasteiger partial charge in [-0.25, -0.2) is 9.59 Å². The van der Waals surface area contributed by atoms with Crippen molar-refractivity contribution in [2.75, 3.05) is 19.8 Å². The Balaban J connectivity index is 0.00000141. The van der Waals surface area contributed by atoms with Gasteiger partial charge in [0.2, 0.25) is 0 Å². The second-order valence-electron chi connectivity index (χ2n) is 18.1. The predicted octanol–water partition coefficient (Wildman–Crippen LogP) is 4.78. The lowest BCUT2D eigenvalue weighted by molar-refractivity contribution is -0.346. The number of aliphatic hydroxyl groups excluding tert-OH is 2. The number of carbonyl (C=O) groups excluding carboxylic acids is 6. The minimum Gasteiger partial charge on any atom is -0.456 e. The Hall–Kier alpha value is -5.78. The number of benzene rings is 3. The highest BCUT2D eigenvalue weighted by molar-refractivity contribution is 5.96. The normalized spacial score (nSPS) is 30.1. The van der Waals surface area contributed by atoms with Gasteiger partial charge < -0.3 is 49.1 Å². The summed E-state index contributed by atoms with van der Waals surface area (Å²) in [5, 5.41) is 40.2. The van der Waals surface area contributed by atoms with Crippen LogP contribution < -0.4 is 5.32 Å². The number of Topliss-reactive ketones (excluding diaryl/α,β-unsaturated/α-hetero) is 1. The number of carbonyl (C=O) groups is 6. The van der Waals surface area contributed by atoms with Gasteiger partial charge >= 0.3 is 23.9 Å². The molecule has 16 nitrogen and oxygen atoms in total. The molecule has 3 aromatic carbocycles. The van der Waals surface area contributed by atoms with Crippen LogP contribution in [0.15, 0.2) is 102 Å². The lowest BCUT2D eigenvalue weighted by Gasteiger charge is -2.67. The summed E-state index contributed by atoms with van der Waals surface area (Å²) in [4.78, 5) is 83.5. The SMILES string of the molecule is CC(=O)O[C@H]1C(=O)[C@@]2(C)[C@H]([C@H](OC(=O)c3ccccc3)[C@]3(O)C[C@H](OC(=O)[C@H](O)[C@@H](NC(=O)c4ccccc4)c4ccccc4)C(C)=C1C3(C)C)[C@]1(OC(C)=O)CO[C@@H]1C[C@@H]2O.CCOCC. The number of esters is 4. The molecule has 3 fully saturated rings. The van der Waals surface area contributed by atoms with Crippen molar-refractivity contribution in [1.29, 1.82) is 0 Å². The van der Waals surface area contributed by atoms with Crippen molar-refractivity contribution in [2.24, 2.45) is 16.7 Å². The van der Waals surface area contributed by atoms with Crippen LogP contribution in [-0.2, 0) is 47.6 Å². The Morgan fingerprint density at radius 2 is 1.39 bits per heavy atom. The van der Waals surface area contributed by atoms with E-state index in [1.807, 2.05) is 13.8 Å². The van der Waals surface area contributed by atoms with Gasteiger partial charge in [-0.1, -0.05) is 80.6 Å². The monoisotopic (exact) mass is 927 g/mol. The fourth-order valence-electron chi connectivity index (χ4n) is 10.4. The van der Waals surface area contributed by atoms with Crippen LogP contribution in [0.1, 0.15) is 101 Å². The Morgan fingerprint density at radius 3 is 1.90 bits per heavy atom.